The molecule has 0 saturated carbocycles. The maximum absolute atomic E-state index is 13.1. The molecule has 1 amide bonds. The molecule has 3 aromatic carbocycles. The fraction of sp³-hybridized carbons (Fsp3) is 0.259. The largest absolute Gasteiger partial charge is 0.453 e. The Morgan fingerprint density at radius 3 is 1.83 bits per heavy atom. The van der Waals surface area contributed by atoms with Crippen molar-refractivity contribution in [2.45, 2.75) is 11.8 Å². The highest BCUT2D eigenvalue weighted by molar-refractivity contribution is 5.88. The maximum Gasteiger partial charge on any atom is 0.416 e. The minimum atomic E-state index is -4.43. The van der Waals surface area contributed by atoms with E-state index in [1.807, 2.05) is 0 Å². The number of anilines is 1. The number of amides is 1. The van der Waals surface area contributed by atoms with Crippen LogP contribution in [0.1, 0.15) is 16.7 Å². The van der Waals surface area contributed by atoms with Crippen molar-refractivity contribution < 1.29 is 32.6 Å². The molecule has 0 aromatic heterocycles. The Bertz CT molecular complexity index is 1150. The SMILES string of the molecule is O=C(COC(=O)C(O)(c1ccccc1)c1ccccc1)N1CCN(c2cccc(C(F)(F)F)c2)CC1. The van der Waals surface area contributed by atoms with E-state index in [2.05, 4.69) is 0 Å². The summed E-state index contributed by atoms with van der Waals surface area (Å²) in [7, 11) is 0. The monoisotopic (exact) mass is 498 g/mol. The lowest BCUT2D eigenvalue weighted by Crippen LogP contribution is -2.50. The summed E-state index contributed by atoms with van der Waals surface area (Å²) in [5.41, 5.74) is -1.77. The standard InChI is InChI=1S/C27H25F3N2O4/c28-27(29,30)22-12-7-13-23(18-22)31-14-16-32(17-15-31)24(33)19-36-25(34)26(35,20-8-3-1-4-9-20)21-10-5-2-6-11-21/h1-13,18,35H,14-17,19H2. The first-order valence-corrected chi connectivity index (χ1v) is 11.4. The van der Waals surface area contributed by atoms with Gasteiger partial charge in [0.1, 0.15) is 0 Å². The number of carbonyl (C=O) groups excluding carboxylic acids is 2. The van der Waals surface area contributed by atoms with E-state index in [1.54, 1.807) is 71.6 Å². The van der Waals surface area contributed by atoms with Crippen LogP contribution in [0.4, 0.5) is 18.9 Å². The summed E-state index contributed by atoms with van der Waals surface area (Å²) in [4.78, 5) is 29.1. The minimum absolute atomic E-state index is 0.258. The van der Waals surface area contributed by atoms with E-state index in [-0.39, 0.29) is 13.1 Å². The molecule has 36 heavy (non-hydrogen) atoms. The van der Waals surface area contributed by atoms with Crippen molar-refractivity contribution in [2.24, 2.45) is 0 Å². The lowest BCUT2D eigenvalue weighted by Gasteiger charge is -2.36. The van der Waals surface area contributed by atoms with E-state index in [0.29, 0.717) is 29.9 Å². The molecule has 3 aromatic rings. The highest BCUT2D eigenvalue weighted by atomic mass is 19.4. The summed E-state index contributed by atoms with van der Waals surface area (Å²) in [6.07, 6.45) is -4.43. The van der Waals surface area contributed by atoms with Crippen LogP contribution in [-0.4, -0.2) is 54.7 Å². The third-order valence-corrected chi connectivity index (χ3v) is 6.18. The van der Waals surface area contributed by atoms with Crippen molar-refractivity contribution in [2.75, 3.05) is 37.7 Å². The van der Waals surface area contributed by atoms with Crippen molar-refractivity contribution in [1.29, 1.82) is 0 Å². The molecule has 1 aliphatic rings. The van der Waals surface area contributed by atoms with Crippen molar-refractivity contribution in [1.82, 2.24) is 4.90 Å². The number of ether oxygens (including phenoxy) is 1. The van der Waals surface area contributed by atoms with Crippen LogP contribution in [0.5, 0.6) is 0 Å². The van der Waals surface area contributed by atoms with Gasteiger partial charge in [0.05, 0.1) is 5.56 Å². The zero-order chi connectivity index (χ0) is 25.8. The van der Waals surface area contributed by atoms with Crippen LogP contribution in [-0.2, 0) is 26.1 Å². The fourth-order valence-electron chi connectivity index (χ4n) is 4.18. The van der Waals surface area contributed by atoms with E-state index in [1.165, 1.54) is 11.0 Å². The smallest absolute Gasteiger partial charge is 0.416 e. The lowest BCUT2D eigenvalue weighted by atomic mass is 9.86. The Morgan fingerprint density at radius 2 is 1.31 bits per heavy atom. The third kappa shape index (κ3) is 5.36. The molecule has 0 atom stereocenters. The number of benzene rings is 3. The zero-order valence-electron chi connectivity index (χ0n) is 19.3. The molecule has 1 fully saturated rings. The molecular weight excluding hydrogens is 473 g/mol. The van der Waals surface area contributed by atoms with Gasteiger partial charge >= 0.3 is 12.1 Å². The maximum atomic E-state index is 13.1. The molecule has 0 spiro atoms. The first-order chi connectivity index (χ1) is 17.2. The number of alkyl halides is 3. The van der Waals surface area contributed by atoms with Crippen molar-refractivity contribution in [3.05, 3.63) is 102 Å². The van der Waals surface area contributed by atoms with Gasteiger partial charge in [-0.1, -0.05) is 66.7 Å². The Labute approximate surface area is 206 Å². The zero-order valence-corrected chi connectivity index (χ0v) is 19.3. The predicted octanol–water partition coefficient (Wildman–Crippen LogP) is 3.83. The van der Waals surface area contributed by atoms with Gasteiger partial charge in [0.25, 0.3) is 5.91 Å². The molecule has 1 heterocycles. The number of hydrogen-bond donors (Lipinski definition) is 1. The Kier molecular flexibility index (Phi) is 7.30. The van der Waals surface area contributed by atoms with Gasteiger partial charge in [0.15, 0.2) is 6.61 Å². The summed E-state index contributed by atoms with van der Waals surface area (Å²) in [5, 5.41) is 11.4. The molecule has 4 rings (SSSR count). The number of hydrogen-bond acceptors (Lipinski definition) is 5. The number of halogens is 3. The van der Waals surface area contributed by atoms with Gasteiger partial charge in [0, 0.05) is 31.9 Å². The van der Waals surface area contributed by atoms with Crippen LogP contribution in [0, 0.1) is 0 Å². The fourth-order valence-corrected chi connectivity index (χ4v) is 4.18. The van der Waals surface area contributed by atoms with Gasteiger partial charge in [0.2, 0.25) is 5.60 Å². The summed E-state index contributed by atoms with van der Waals surface area (Å²) >= 11 is 0. The number of piperazine rings is 1. The molecule has 0 unspecified atom stereocenters. The highest BCUT2D eigenvalue weighted by Crippen LogP contribution is 2.32. The topological polar surface area (TPSA) is 70.1 Å². The van der Waals surface area contributed by atoms with E-state index < -0.39 is 35.8 Å². The molecule has 0 aliphatic carbocycles. The second kappa shape index (κ2) is 10.4. The van der Waals surface area contributed by atoms with E-state index in [0.717, 1.165) is 12.1 Å². The van der Waals surface area contributed by atoms with Gasteiger partial charge in [-0.3, -0.25) is 4.79 Å². The molecule has 9 heteroatoms. The number of nitrogens with zero attached hydrogens (tertiary/aromatic N) is 2. The molecule has 1 saturated heterocycles. The highest BCUT2D eigenvalue weighted by Gasteiger charge is 2.42. The van der Waals surface area contributed by atoms with Crippen LogP contribution in [0.15, 0.2) is 84.9 Å². The van der Waals surface area contributed by atoms with Crippen molar-refractivity contribution in [3.8, 4) is 0 Å². The minimum Gasteiger partial charge on any atom is -0.453 e. The van der Waals surface area contributed by atoms with Crippen LogP contribution >= 0.6 is 0 Å². The second-order valence-corrected chi connectivity index (χ2v) is 8.43. The Hall–Kier alpha value is -3.85. The van der Waals surface area contributed by atoms with Crippen LogP contribution in [0.2, 0.25) is 0 Å². The van der Waals surface area contributed by atoms with Crippen LogP contribution in [0.25, 0.3) is 0 Å². The van der Waals surface area contributed by atoms with Gasteiger partial charge in [-0.15, -0.1) is 0 Å². The Morgan fingerprint density at radius 1 is 0.778 bits per heavy atom. The summed E-state index contributed by atoms with van der Waals surface area (Å²) < 4.78 is 44.3. The lowest BCUT2D eigenvalue weighted by molar-refractivity contribution is -0.166. The van der Waals surface area contributed by atoms with Gasteiger partial charge < -0.3 is 19.6 Å². The number of esters is 1. The predicted molar refractivity (Wildman–Crippen MR) is 127 cm³/mol. The molecule has 1 aliphatic heterocycles. The van der Waals surface area contributed by atoms with Gasteiger partial charge in [-0.2, -0.15) is 13.2 Å². The molecule has 188 valence electrons. The Balaban J connectivity index is 1.38. The van der Waals surface area contributed by atoms with E-state index >= 15 is 0 Å². The normalized spacial score (nSPS) is 14.4. The molecular formula is C27H25F3N2O4. The average molecular weight is 499 g/mol. The number of rotatable bonds is 6. The summed E-state index contributed by atoms with van der Waals surface area (Å²) in [6, 6.07) is 21.7. The number of aliphatic hydroxyl groups is 1. The van der Waals surface area contributed by atoms with Crippen molar-refractivity contribution in [3.63, 3.8) is 0 Å². The van der Waals surface area contributed by atoms with Crippen LogP contribution < -0.4 is 4.90 Å². The van der Waals surface area contributed by atoms with E-state index in [9.17, 15) is 27.9 Å². The second-order valence-electron chi connectivity index (χ2n) is 8.43. The summed E-state index contributed by atoms with van der Waals surface area (Å²) in [6.45, 7) is 0.616. The number of carbonyl (C=O) groups is 2. The first kappa shape index (κ1) is 25.2. The molecule has 0 radical (unpaired) electrons. The van der Waals surface area contributed by atoms with Crippen LogP contribution in [0.3, 0.4) is 0 Å². The quantitative estimate of drug-likeness (QED) is 0.524. The van der Waals surface area contributed by atoms with E-state index in [4.69, 9.17) is 4.74 Å². The van der Waals surface area contributed by atoms with Crippen molar-refractivity contribution >= 4 is 17.6 Å². The molecule has 6 nitrogen and oxygen atoms in total. The first-order valence-electron chi connectivity index (χ1n) is 11.4. The van der Waals surface area contributed by atoms with Gasteiger partial charge in [-0.25, -0.2) is 4.79 Å². The third-order valence-electron chi connectivity index (χ3n) is 6.18. The summed E-state index contributed by atoms with van der Waals surface area (Å²) in [5.74, 6) is -1.42. The molecule has 0 bridgehead atoms. The van der Waals surface area contributed by atoms with Gasteiger partial charge in [-0.05, 0) is 29.3 Å². The average Bonchev–Trinajstić information content (AvgIpc) is 2.91. The molecule has 1 N–H and O–H groups in total.